The maximum atomic E-state index is 10.3. The minimum atomic E-state index is -0.698. The van der Waals surface area contributed by atoms with Crippen LogP contribution in [0.3, 0.4) is 0 Å². The van der Waals surface area contributed by atoms with Crippen LogP contribution in [0.15, 0.2) is 0 Å². The predicted octanol–water partition coefficient (Wildman–Crippen LogP) is -0.205. The second-order valence-corrected chi connectivity index (χ2v) is 2.09. The molecule has 0 bridgehead atoms. The molecule has 1 rings (SSSR count). The molecule has 11 heavy (non-hydrogen) atoms. The van der Waals surface area contributed by atoms with Crippen molar-refractivity contribution in [1.29, 1.82) is 0 Å². The van der Waals surface area contributed by atoms with Crippen LogP contribution in [0.5, 0.6) is 0 Å². The summed E-state index contributed by atoms with van der Waals surface area (Å²) in [6.45, 7) is 2.51. The summed E-state index contributed by atoms with van der Waals surface area (Å²) in [5.74, 6) is -0.908. The Morgan fingerprint density at radius 2 is 1.45 bits per heavy atom. The lowest BCUT2D eigenvalue weighted by molar-refractivity contribution is -0.149. The van der Waals surface area contributed by atoms with Gasteiger partial charge in [0.25, 0.3) is 12.6 Å². The Hall–Kier alpha value is -1.10. The number of ether oxygens (including phenoxy) is 3. The highest BCUT2D eigenvalue weighted by Gasteiger charge is 2.45. The zero-order valence-electron chi connectivity index (χ0n) is 6.20. The van der Waals surface area contributed by atoms with Gasteiger partial charge in [0.1, 0.15) is 0 Å². The van der Waals surface area contributed by atoms with E-state index in [4.69, 9.17) is 0 Å². The summed E-state index contributed by atoms with van der Waals surface area (Å²) in [6.07, 6.45) is -1.40. The monoisotopic (exact) mass is 160 g/mol. The fourth-order valence-electron chi connectivity index (χ4n) is 0.581. The van der Waals surface area contributed by atoms with Crippen LogP contribution in [0.25, 0.3) is 0 Å². The SMILES string of the molecule is CC(=O)O[C@@H]1O[C@@H]1OC(C)=O. The van der Waals surface area contributed by atoms with Crippen molar-refractivity contribution in [1.82, 2.24) is 0 Å². The van der Waals surface area contributed by atoms with E-state index in [2.05, 4.69) is 14.2 Å². The maximum absolute atomic E-state index is 10.3. The molecule has 0 amide bonds. The molecule has 0 spiro atoms. The van der Waals surface area contributed by atoms with Crippen LogP contribution in [0.4, 0.5) is 0 Å². The third kappa shape index (κ3) is 2.55. The van der Waals surface area contributed by atoms with Gasteiger partial charge in [-0.15, -0.1) is 0 Å². The average molecular weight is 160 g/mol. The van der Waals surface area contributed by atoms with Crippen LogP contribution < -0.4 is 0 Å². The van der Waals surface area contributed by atoms with Gasteiger partial charge in [0.2, 0.25) is 0 Å². The molecule has 0 saturated carbocycles. The Balaban J connectivity index is 2.16. The largest absolute Gasteiger partial charge is 0.429 e. The molecule has 1 heterocycles. The zero-order valence-corrected chi connectivity index (χ0v) is 6.20. The third-order valence-corrected chi connectivity index (χ3v) is 0.978. The summed E-state index contributed by atoms with van der Waals surface area (Å²) in [5, 5.41) is 0. The first-order valence-electron chi connectivity index (χ1n) is 3.09. The van der Waals surface area contributed by atoms with Gasteiger partial charge in [-0.05, 0) is 0 Å². The molecule has 2 atom stereocenters. The lowest BCUT2D eigenvalue weighted by atomic mass is 10.7. The van der Waals surface area contributed by atoms with Crippen LogP contribution in [-0.4, -0.2) is 24.5 Å². The third-order valence-electron chi connectivity index (χ3n) is 0.978. The van der Waals surface area contributed by atoms with E-state index >= 15 is 0 Å². The standard InChI is InChI=1S/C6H8O5/c1-3(7)9-5-6(11-5)10-4(2)8/h5-6H,1-2H3/t5-,6+. The number of carbonyl (C=O) groups excluding carboxylic acids is 2. The van der Waals surface area contributed by atoms with Gasteiger partial charge in [-0.1, -0.05) is 0 Å². The van der Waals surface area contributed by atoms with Crippen LogP contribution in [0.2, 0.25) is 0 Å². The Kier molecular flexibility index (Phi) is 2.09. The molecule has 5 nitrogen and oxygen atoms in total. The van der Waals surface area contributed by atoms with E-state index in [0.29, 0.717) is 0 Å². The molecule has 62 valence electrons. The highest BCUT2D eigenvalue weighted by molar-refractivity contribution is 5.67. The summed E-state index contributed by atoms with van der Waals surface area (Å²) in [6, 6.07) is 0. The topological polar surface area (TPSA) is 65.1 Å². The van der Waals surface area contributed by atoms with Crippen molar-refractivity contribution < 1.29 is 23.8 Å². The molecule has 0 aliphatic carbocycles. The van der Waals surface area contributed by atoms with Crippen molar-refractivity contribution in [2.45, 2.75) is 26.4 Å². The van der Waals surface area contributed by atoms with Crippen molar-refractivity contribution in [3.8, 4) is 0 Å². The number of hydrogen-bond donors (Lipinski definition) is 0. The smallest absolute Gasteiger partial charge is 0.305 e. The first-order valence-corrected chi connectivity index (χ1v) is 3.09. The summed E-state index contributed by atoms with van der Waals surface area (Å²) in [7, 11) is 0. The fourth-order valence-corrected chi connectivity index (χ4v) is 0.581. The molecule has 0 unspecified atom stereocenters. The van der Waals surface area contributed by atoms with E-state index in [9.17, 15) is 9.59 Å². The van der Waals surface area contributed by atoms with Gasteiger partial charge in [-0.3, -0.25) is 14.3 Å². The van der Waals surface area contributed by atoms with Crippen molar-refractivity contribution in [3.05, 3.63) is 0 Å². The molecule has 1 aliphatic rings. The molecule has 5 heteroatoms. The first-order chi connectivity index (χ1) is 5.09. The predicted molar refractivity (Wildman–Crippen MR) is 32.2 cm³/mol. The van der Waals surface area contributed by atoms with E-state index in [1.165, 1.54) is 13.8 Å². The minimum Gasteiger partial charge on any atom is -0.429 e. The Labute approximate surface area is 63.2 Å². The summed E-state index contributed by atoms with van der Waals surface area (Å²) < 4.78 is 13.7. The number of rotatable bonds is 2. The van der Waals surface area contributed by atoms with Crippen LogP contribution >= 0.6 is 0 Å². The average Bonchev–Trinajstić information content (AvgIpc) is 2.43. The van der Waals surface area contributed by atoms with Gasteiger partial charge < -0.3 is 9.47 Å². The van der Waals surface area contributed by atoms with Gasteiger partial charge in [0, 0.05) is 13.8 Å². The van der Waals surface area contributed by atoms with Crippen LogP contribution in [0, 0.1) is 0 Å². The van der Waals surface area contributed by atoms with E-state index < -0.39 is 24.5 Å². The van der Waals surface area contributed by atoms with Crippen LogP contribution in [-0.2, 0) is 23.8 Å². The molecule has 0 aromatic carbocycles. The van der Waals surface area contributed by atoms with Crippen molar-refractivity contribution in [2.24, 2.45) is 0 Å². The minimum absolute atomic E-state index is 0.454. The van der Waals surface area contributed by atoms with E-state index in [-0.39, 0.29) is 0 Å². The number of carbonyl (C=O) groups is 2. The number of epoxide rings is 1. The maximum Gasteiger partial charge on any atom is 0.305 e. The molecular weight excluding hydrogens is 152 g/mol. The molecule has 0 radical (unpaired) electrons. The summed E-state index contributed by atoms with van der Waals surface area (Å²) in [5.41, 5.74) is 0. The normalized spacial score (nSPS) is 27.5. The van der Waals surface area contributed by atoms with Crippen molar-refractivity contribution >= 4 is 11.9 Å². The van der Waals surface area contributed by atoms with Gasteiger partial charge >= 0.3 is 11.9 Å². The molecule has 1 saturated heterocycles. The van der Waals surface area contributed by atoms with E-state index in [1.807, 2.05) is 0 Å². The van der Waals surface area contributed by atoms with E-state index in [1.54, 1.807) is 0 Å². The van der Waals surface area contributed by atoms with Gasteiger partial charge in [-0.2, -0.15) is 0 Å². The molecule has 1 aliphatic heterocycles. The Morgan fingerprint density at radius 3 is 1.73 bits per heavy atom. The quantitative estimate of drug-likeness (QED) is 0.413. The fraction of sp³-hybridized carbons (Fsp3) is 0.667. The summed E-state index contributed by atoms with van der Waals surface area (Å²) >= 11 is 0. The molecule has 0 N–H and O–H groups in total. The zero-order chi connectivity index (χ0) is 8.43. The Morgan fingerprint density at radius 1 is 1.09 bits per heavy atom. The summed E-state index contributed by atoms with van der Waals surface area (Å²) in [4.78, 5) is 20.6. The van der Waals surface area contributed by atoms with Crippen LogP contribution in [0.1, 0.15) is 13.8 Å². The Bertz CT molecular complexity index is 167. The second kappa shape index (κ2) is 2.87. The molecule has 1 fully saturated rings. The van der Waals surface area contributed by atoms with Gasteiger partial charge in [0.05, 0.1) is 0 Å². The lowest BCUT2D eigenvalue weighted by Gasteiger charge is -1.94. The van der Waals surface area contributed by atoms with E-state index in [0.717, 1.165) is 0 Å². The molecule has 0 aromatic heterocycles. The lowest BCUT2D eigenvalue weighted by Crippen LogP contribution is -2.09. The first kappa shape index (κ1) is 8.00. The molecule has 0 aromatic rings. The van der Waals surface area contributed by atoms with Gasteiger partial charge in [0.15, 0.2) is 0 Å². The number of hydrogen-bond acceptors (Lipinski definition) is 5. The van der Waals surface area contributed by atoms with Gasteiger partial charge in [-0.25, -0.2) is 0 Å². The highest BCUT2D eigenvalue weighted by atomic mass is 16.9. The highest BCUT2D eigenvalue weighted by Crippen LogP contribution is 2.24. The van der Waals surface area contributed by atoms with Crippen molar-refractivity contribution in [3.63, 3.8) is 0 Å². The number of esters is 2. The molecular formula is C6H8O5. The van der Waals surface area contributed by atoms with Crippen molar-refractivity contribution in [2.75, 3.05) is 0 Å². The second-order valence-electron chi connectivity index (χ2n) is 2.09.